The molecule has 0 unspecified atom stereocenters. The van der Waals surface area contributed by atoms with Gasteiger partial charge in [0.05, 0.1) is 0 Å². The number of nitrogens with one attached hydrogen (secondary N) is 1. The van der Waals surface area contributed by atoms with Gasteiger partial charge in [-0.2, -0.15) is 0 Å². The van der Waals surface area contributed by atoms with Gasteiger partial charge in [-0.15, -0.1) is 0 Å². The quantitative estimate of drug-likeness (QED) is 0.548. The number of hydrogen-bond donors (Lipinski definition) is 1. The molecule has 1 fully saturated rings. The minimum Gasteiger partial charge on any atom is -0.381 e. The Hall–Kier alpha value is -0.220. The highest BCUT2D eigenvalue weighted by Gasteiger charge is 2.21. The Morgan fingerprint density at radius 1 is 1.54 bits per heavy atom. The maximum absolute atomic E-state index is 7.78. The summed E-state index contributed by atoms with van der Waals surface area (Å²) in [5, 5.41) is 8.47. The van der Waals surface area contributed by atoms with Gasteiger partial charge in [0, 0.05) is 25.8 Å². The second-order valence-corrected chi connectivity index (χ2v) is 3.93. The predicted octanol–water partition coefficient (Wildman–Crippen LogP) is 1.79. The van der Waals surface area contributed by atoms with Gasteiger partial charge in [0.25, 0.3) is 0 Å². The van der Waals surface area contributed by atoms with Crippen LogP contribution in [0.1, 0.15) is 19.8 Å². The Labute approximate surface area is 84.3 Å². The fourth-order valence-electron chi connectivity index (χ4n) is 1.68. The lowest BCUT2D eigenvalue weighted by Crippen LogP contribution is -2.41. The molecule has 1 N–H and O–H groups in total. The lowest BCUT2D eigenvalue weighted by Gasteiger charge is -2.34. The maximum atomic E-state index is 7.78. The van der Waals surface area contributed by atoms with Crippen molar-refractivity contribution in [2.45, 2.75) is 25.8 Å². The van der Waals surface area contributed by atoms with Gasteiger partial charge in [-0.05, 0) is 26.0 Å². The number of thioether (sulfide) groups is 1. The van der Waals surface area contributed by atoms with Crippen LogP contribution in [0.4, 0.5) is 0 Å². The highest BCUT2D eigenvalue weighted by Crippen LogP contribution is 2.17. The van der Waals surface area contributed by atoms with Crippen LogP contribution in [-0.2, 0) is 4.74 Å². The first-order chi connectivity index (χ1) is 6.29. The van der Waals surface area contributed by atoms with E-state index in [9.17, 15) is 0 Å². The van der Waals surface area contributed by atoms with E-state index >= 15 is 0 Å². The summed E-state index contributed by atoms with van der Waals surface area (Å²) in [5.41, 5.74) is 0. The van der Waals surface area contributed by atoms with E-state index in [2.05, 4.69) is 11.8 Å². The summed E-state index contributed by atoms with van der Waals surface area (Å²) in [6, 6.07) is 0.527. The van der Waals surface area contributed by atoms with Crippen LogP contribution in [0.15, 0.2) is 0 Å². The molecule has 3 nitrogen and oxygen atoms in total. The van der Waals surface area contributed by atoms with Crippen molar-refractivity contribution in [3.05, 3.63) is 0 Å². The Morgan fingerprint density at radius 3 is 2.62 bits per heavy atom. The first-order valence-electron chi connectivity index (χ1n) is 4.76. The Morgan fingerprint density at radius 2 is 2.15 bits per heavy atom. The van der Waals surface area contributed by atoms with Crippen LogP contribution in [-0.4, -0.2) is 42.1 Å². The normalized spacial score (nSPS) is 18.6. The third-order valence-electron chi connectivity index (χ3n) is 2.43. The number of rotatable bonds is 2. The van der Waals surface area contributed by atoms with Crippen LogP contribution >= 0.6 is 11.8 Å². The number of nitrogens with zero attached hydrogens (tertiary/aromatic N) is 1. The lowest BCUT2D eigenvalue weighted by atomic mass is 10.1. The molecule has 0 amide bonds. The third kappa shape index (κ3) is 2.88. The monoisotopic (exact) mass is 202 g/mol. The van der Waals surface area contributed by atoms with E-state index in [0.717, 1.165) is 32.6 Å². The summed E-state index contributed by atoms with van der Waals surface area (Å²) in [7, 11) is 0. The summed E-state index contributed by atoms with van der Waals surface area (Å²) in [4.78, 5) is 2.17. The van der Waals surface area contributed by atoms with Gasteiger partial charge < -0.3 is 9.64 Å². The van der Waals surface area contributed by atoms with Crippen molar-refractivity contribution in [2.75, 3.05) is 26.0 Å². The highest BCUT2D eigenvalue weighted by molar-refractivity contribution is 8.13. The molecule has 76 valence electrons. The van der Waals surface area contributed by atoms with Crippen molar-refractivity contribution >= 4 is 16.9 Å². The van der Waals surface area contributed by atoms with E-state index < -0.39 is 0 Å². The van der Waals surface area contributed by atoms with E-state index in [0.29, 0.717) is 11.2 Å². The Balaban J connectivity index is 2.48. The number of hydrogen-bond acceptors (Lipinski definition) is 3. The average molecular weight is 202 g/mol. The van der Waals surface area contributed by atoms with E-state index in [4.69, 9.17) is 10.1 Å². The molecule has 4 heteroatoms. The van der Waals surface area contributed by atoms with E-state index in [1.165, 1.54) is 11.8 Å². The molecule has 13 heavy (non-hydrogen) atoms. The largest absolute Gasteiger partial charge is 0.381 e. The molecule has 0 aliphatic carbocycles. The second kappa shape index (κ2) is 5.50. The van der Waals surface area contributed by atoms with Crippen LogP contribution in [0.2, 0.25) is 0 Å². The predicted molar refractivity (Wildman–Crippen MR) is 57.5 cm³/mol. The van der Waals surface area contributed by atoms with E-state index in [1.807, 2.05) is 6.26 Å². The average Bonchev–Trinajstić information content (AvgIpc) is 2.20. The summed E-state index contributed by atoms with van der Waals surface area (Å²) >= 11 is 1.52. The molecular weight excluding hydrogens is 184 g/mol. The lowest BCUT2D eigenvalue weighted by molar-refractivity contribution is 0.0569. The van der Waals surface area contributed by atoms with E-state index in [-0.39, 0.29) is 0 Å². The Bertz CT molecular complexity index is 169. The second-order valence-electron chi connectivity index (χ2n) is 3.14. The van der Waals surface area contributed by atoms with Crippen molar-refractivity contribution in [1.29, 1.82) is 5.41 Å². The molecule has 0 atom stereocenters. The molecule has 0 aromatic carbocycles. The Kier molecular flexibility index (Phi) is 4.59. The molecule has 1 heterocycles. The summed E-state index contributed by atoms with van der Waals surface area (Å²) in [6.45, 7) is 4.75. The van der Waals surface area contributed by atoms with Gasteiger partial charge in [0.1, 0.15) is 0 Å². The molecule has 1 aliphatic heterocycles. The topological polar surface area (TPSA) is 36.3 Å². The van der Waals surface area contributed by atoms with Crippen LogP contribution in [0.3, 0.4) is 0 Å². The van der Waals surface area contributed by atoms with Crippen molar-refractivity contribution in [2.24, 2.45) is 0 Å². The molecule has 1 saturated heterocycles. The van der Waals surface area contributed by atoms with Gasteiger partial charge in [0.2, 0.25) is 0 Å². The molecular formula is C9H18N2OS. The van der Waals surface area contributed by atoms with Crippen molar-refractivity contribution in [1.82, 2.24) is 4.90 Å². The van der Waals surface area contributed by atoms with Crippen LogP contribution in [0.25, 0.3) is 0 Å². The van der Waals surface area contributed by atoms with Gasteiger partial charge in [-0.25, -0.2) is 0 Å². The third-order valence-corrected chi connectivity index (χ3v) is 3.05. The molecule has 1 aliphatic rings. The fraction of sp³-hybridized carbons (Fsp3) is 0.889. The SMILES string of the molecule is CCN(C(=N)SC)C1CCOCC1. The van der Waals surface area contributed by atoms with Gasteiger partial charge in [-0.1, -0.05) is 11.8 Å². The number of amidine groups is 1. The van der Waals surface area contributed by atoms with Crippen molar-refractivity contribution in [3.8, 4) is 0 Å². The van der Waals surface area contributed by atoms with Crippen LogP contribution in [0.5, 0.6) is 0 Å². The molecule has 0 aromatic rings. The smallest absolute Gasteiger partial charge is 0.156 e. The number of ether oxygens (including phenoxy) is 1. The first-order valence-corrected chi connectivity index (χ1v) is 5.99. The zero-order valence-electron chi connectivity index (χ0n) is 8.38. The van der Waals surface area contributed by atoms with Crippen LogP contribution < -0.4 is 0 Å². The standard InChI is InChI=1S/C9H18N2OS/c1-3-11(9(10)13-2)8-4-6-12-7-5-8/h8,10H,3-7H2,1-2H3. The van der Waals surface area contributed by atoms with Gasteiger partial charge in [0.15, 0.2) is 5.17 Å². The molecule has 0 radical (unpaired) electrons. The zero-order chi connectivity index (χ0) is 9.68. The minimum atomic E-state index is 0.527. The van der Waals surface area contributed by atoms with E-state index in [1.54, 1.807) is 0 Å². The molecule has 0 aromatic heterocycles. The molecule has 0 saturated carbocycles. The van der Waals surface area contributed by atoms with Crippen LogP contribution in [0, 0.1) is 5.41 Å². The molecule has 0 spiro atoms. The minimum absolute atomic E-state index is 0.527. The fourth-order valence-corrected chi connectivity index (χ4v) is 2.19. The maximum Gasteiger partial charge on any atom is 0.156 e. The zero-order valence-corrected chi connectivity index (χ0v) is 9.19. The van der Waals surface area contributed by atoms with Crippen molar-refractivity contribution < 1.29 is 4.74 Å². The first kappa shape index (κ1) is 10.9. The summed E-state index contributed by atoms with van der Waals surface area (Å²) < 4.78 is 5.30. The van der Waals surface area contributed by atoms with Gasteiger partial charge >= 0.3 is 0 Å². The molecule has 0 bridgehead atoms. The summed E-state index contributed by atoms with van der Waals surface area (Å²) in [6.07, 6.45) is 4.10. The van der Waals surface area contributed by atoms with Gasteiger partial charge in [-0.3, -0.25) is 5.41 Å². The molecule has 1 rings (SSSR count). The highest BCUT2D eigenvalue weighted by atomic mass is 32.2. The summed E-state index contributed by atoms with van der Waals surface area (Å²) in [5.74, 6) is 0. The van der Waals surface area contributed by atoms with Crippen molar-refractivity contribution in [3.63, 3.8) is 0 Å².